The monoisotopic (exact) mass is 307 g/mol. The molecule has 2 N–H and O–H groups in total. The molecule has 0 aliphatic carbocycles. The molecule has 1 amide bonds. The lowest BCUT2D eigenvalue weighted by molar-refractivity contribution is 0.194. The number of hydrogen-bond acceptors (Lipinski definition) is 1. The van der Waals surface area contributed by atoms with Crippen molar-refractivity contribution in [1.29, 1.82) is 0 Å². The maximum Gasteiger partial charge on any atom is 0.404 e. The predicted molar refractivity (Wildman–Crippen MR) is 76.0 cm³/mol. The molecule has 0 aromatic rings. The lowest BCUT2D eigenvalue weighted by Crippen LogP contribution is -2.21. The van der Waals surface area contributed by atoms with E-state index in [0.717, 1.165) is 18.2 Å². The number of carboxylic acid groups (broad SMARTS) is 1. The van der Waals surface area contributed by atoms with Crippen LogP contribution in [0.2, 0.25) is 0 Å². The Kier molecular flexibility index (Phi) is 13.6. The number of rotatable bonds is 12. The van der Waals surface area contributed by atoms with Crippen LogP contribution in [-0.2, 0) is 0 Å². The van der Waals surface area contributed by atoms with Crippen molar-refractivity contribution >= 4 is 22.0 Å². The fourth-order valence-corrected chi connectivity index (χ4v) is 2.23. The van der Waals surface area contributed by atoms with Gasteiger partial charge in [0.1, 0.15) is 0 Å². The minimum Gasteiger partial charge on any atom is -0.465 e. The first-order chi connectivity index (χ1) is 8.27. The maximum atomic E-state index is 10.2. The molecule has 102 valence electrons. The molecule has 0 atom stereocenters. The van der Waals surface area contributed by atoms with E-state index in [1.807, 2.05) is 0 Å². The highest BCUT2D eigenvalue weighted by Crippen LogP contribution is 2.10. The zero-order valence-electron chi connectivity index (χ0n) is 10.7. The van der Waals surface area contributed by atoms with Crippen LogP contribution in [0.3, 0.4) is 0 Å². The third-order valence-electron chi connectivity index (χ3n) is 2.84. The van der Waals surface area contributed by atoms with Crippen molar-refractivity contribution in [2.24, 2.45) is 0 Å². The number of alkyl halides is 1. The molecule has 4 heteroatoms. The van der Waals surface area contributed by atoms with Crippen molar-refractivity contribution in [2.45, 2.75) is 64.2 Å². The topological polar surface area (TPSA) is 49.3 Å². The molecule has 0 saturated carbocycles. The second-order valence-electron chi connectivity index (χ2n) is 4.46. The molecule has 0 aliphatic rings. The van der Waals surface area contributed by atoms with Crippen LogP contribution in [0, 0.1) is 0 Å². The highest BCUT2D eigenvalue weighted by atomic mass is 79.9. The Labute approximate surface area is 113 Å². The third-order valence-corrected chi connectivity index (χ3v) is 3.40. The van der Waals surface area contributed by atoms with E-state index in [1.54, 1.807) is 0 Å². The molecule has 17 heavy (non-hydrogen) atoms. The van der Waals surface area contributed by atoms with Crippen LogP contribution in [0.15, 0.2) is 0 Å². The molecule has 0 heterocycles. The first kappa shape index (κ1) is 16.8. The Balaban J connectivity index is 2.91. The van der Waals surface area contributed by atoms with E-state index in [0.29, 0.717) is 6.54 Å². The predicted octanol–water partition coefficient (Wildman–Crippen LogP) is 4.55. The second kappa shape index (κ2) is 13.8. The Bertz CT molecular complexity index is 177. The van der Waals surface area contributed by atoms with Gasteiger partial charge >= 0.3 is 6.09 Å². The summed E-state index contributed by atoms with van der Waals surface area (Å²) in [4.78, 5) is 10.2. The van der Waals surface area contributed by atoms with Gasteiger partial charge < -0.3 is 10.4 Å². The van der Waals surface area contributed by atoms with Crippen molar-refractivity contribution in [3.8, 4) is 0 Å². The average molecular weight is 308 g/mol. The van der Waals surface area contributed by atoms with E-state index in [4.69, 9.17) is 5.11 Å². The molecule has 0 radical (unpaired) electrons. The van der Waals surface area contributed by atoms with Crippen LogP contribution >= 0.6 is 15.9 Å². The molecular weight excluding hydrogens is 282 g/mol. The third kappa shape index (κ3) is 15.8. The minimum atomic E-state index is -0.909. The Hall–Kier alpha value is -0.250. The van der Waals surface area contributed by atoms with Crippen LogP contribution in [0.25, 0.3) is 0 Å². The molecule has 0 unspecified atom stereocenters. The van der Waals surface area contributed by atoms with Gasteiger partial charge in [0.25, 0.3) is 0 Å². The van der Waals surface area contributed by atoms with Crippen molar-refractivity contribution in [1.82, 2.24) is 5.32 Å². The van der Waals surface area contributed by atoms with Crippen molar-refractivity contribution in [2.75, 3.05) is 11.9 Å². The van der Waals surface area contributed by atoms with Gasteiger partial charge in [-0.25, -0.2) is 4.79 Å². The standard InChI is InChI=1S/C13H26BrNO2/c14-11-9-7-5-3-1-2-4-6-8-10-12-15-13(16)17/h15H,1-12H2,(H,16,17). The highest BCUT2D eigenvalue weighted by molar-refractivity contribution is 9.09. The van der Waals surface area contributed by atoms with E-state index in [-0.39, 0.29) is 0 Å². The summed E-state index contributed by atoms with van der Waals surface area (Å²) in [7, 11) is 0. The average Bonchev–Trinajstić information content (AvgIpc) is 2.30. The van der Waals surface area contributed by atoms with Gasteiger partial charge in [-0.1, -0.05) is 67.3 Å². The van der Waals surface area contributed by atoms with E-state index in [2.05, 4.69) is 21.2 Å². The first-order valence-electron chi connectivity index (χ1n) is 6.80. The summed E-state index contributed by atoms with van der Waals surface area (Å²) in [6, 6.07) is 0. The van der Waals surface area contributed by atoms with Gasteiger partial charge in [-0.15, -0.1) is 0 Å². The smallest absolute Gasteiger partial charge is 0.404 e. The molecule has 0 aromatic carbocycles. The SMILES string of the molecule is O=C(O)NCCCCCCCCCCCCBr. The molecule has 0 aromatic heterocycles. The lowest BCUT2D eigenvalue weighted by Gasteiger charge is -2.02. The Morgan fingerprint density at radius 1 is 0.824 bits per heavy atom. The van der Waals surface area contributed by atoms with Crippen molar-refractivity contribution in [3.63, 3.8) is 0 Å². The van der Waals surface area contributed by atoms with Gasteiger partial charge in [0.15, 0.2) is 0 Å². The fourth-order valence-electron chi connectivity index (χ4n) is 1.83. The summed E-state index contributed by atoms with van der Waals surface area (Å²) in [5, 5.41) is 11.9. The Morgan fingerprint density at radius 2 is 1.24 bits per heavy atom. The first-order valence-corrected chi connectivity index (χ1v) is 7.92. The number of hydrogen-bond donors (Lipinski definition) is 2. The molecule has 0 aliphatic heterocycles. The molecule has 0 fully saturated rings. The van der Waals surface area contributed by atoms with Gasteiger partial charge in [0.05, 0.1) is 0 Å². The van der Waals surface area contributed by atoms with Crippen LogP contribution in [-0.4, -0.2) is 23.1 Å². The molecule has 3 nitrogen and oxygen atoms in total. The van der Waals surface area contributed by atoms with Gasteiger partial charge in [-0.3, -0.25) is 0 Å². The minimum absolute atomic E-state index is 0.599. The number of halogens is 1. The summed E-state index contributed by atoms with van der Waals surface area (Å²) in [6.07, 6.45) is 11.8. The van der Waals surface area contributed by atoms with Crippen LogP contribution in [0.1, 0.15) is 64.2 Å². The molecule has 0 spiro atoms. The lowest BCUT2D eigenvalue weighted by atomic mass is 10.1. The van der Waals surface area contributed by atoms with Crippen LogP contribution in [0.5, 0.6) is 0 Å². The second-order valence-corrected chi connectivity index (χ2v) is 5.25. The maximum absolute atomic E-state index is 10.2. The van der Waals surface area contributed by atoms with E-state index >= 15 is 0 Å². The quantitative estimate of drug-likeness (QED) is 0.410. The van der Waals surface area contributed by atoms with E-state index in [9.17, 15) is 4.79 Å². The molecule has 0 saturated heterocycles. The van der Waals surface area contributed by atoms with Gasteiger partial charge in [0, 0.05) is 11.9 Å². The summed E-state index contributed by atoms with van der Waals surface area (Å²) in [5.41, 5.74) is 0. The van der Waals surface area contributed by atoms with Crippen LogP contribution < -0.4 is 5.32 Å². The number of nitrogens with one attached hydrogen (secondary N) is 1. The van der Waals surface area contributed by atoms with Crippen molar-refractivity contribution in [3.05, 3.63) is 0 Å². The largest absolute Gasteiger partial charge is 0.465 e. The van der Waals surface area contributed by atoms with Gasteiger partial charge in [-0.2, -0.15) is 0 Å². The summed E-state index contributed by atoms with van der Waals surface area (Å²) in [6.45, 7) is 0.599. The van der Waals surface area contributed by atoms with E-state index < -0.39 is 6.09 Å². The molecule has 0 rings (SSSR count). The summed E-state index contributed by atoms with van der Waals surface area (Å²) in [5.74, 6) is 0. The normalized spacial score (nSPS) is 10.4. The summed E-state index contributed by atoms with van der Waals surface area (Å²) >= 11 is 3.44. The van der Waals surface area contributed by atoms with Gasteiger partial charge in [0.2, 0.25) is 0 Å². The number of unbranched alkanes of at least 4 members (excludes halogenated alkanes) is 9. The molecule has 0 bridgehead atoms. The Morgan fingerprint density at radius 3 is 1.65 bits per heavy atom. The zero-order chi connectivity index (χ0) is 12.8. The zero-order valence-corrected chi connectivity index (χ0v) is 12.3. The van der Waals surface area contributed by atoms with E-state index in [1.165, 1.54) is 51.4 Å². The number of amides is 1. The molecular formula is C13H26BrNO2. The highest BCUT2D eigenvalue weighted by Gasteiger charge is 1.94. The van der Waals surface area contributed by atoms with Crippen molar-refractivity contribution < 1.29 is 9.90 Å². The fraction of sp³-hybridized carbons (Fsp3) is 0.923. The van der Waals surface area contributed by atoms with Crippen LogP contribution in [0.4, 0.5) is 4.79 Å². The number of carbonyl (C=O) groups is 1. The summed E-state index contributed by atoms with van der Waals surface area (Å²) < 4.78 is 0. The van der Waals surface area contributed by atoms with Gasteiger partial charge in [-0.05, 0) is 12.8 Å².